The molecule has 2 aliphatic rings. The summed E-state index contributed by atoms with van der Waals surface area (Å²) < 4.78 is 0. The first-order valence-corrected chi connectivity index (χ1v) is 6.49. The first-order valence-electron chi connectivity index (χ1n) is 6.49. The van der Waals surface area contributed by atoms with Crippen LogP contribution in [-0.2, 0) is 21.7 Å². The molecule has 0 spiro atoms. The standard InChI is InChI=1S/C11H9.C6H8N.Ti/c1-2-4-10-8(3-1)7-9-5-6-11(9)10;1-5-3-7-4-6(5)2;/h1-4,11H,5-6H2;3,7H,1-2H3;/q2*-1;+2. The van der Waals surface area contributed by atoms with Gasteiger partial charge in [0.15, 0.2) is 0 Å². The SMILES string of the molecule is Cc1[c-][nH]cc1C.[C-]1=C2CCC2c2ccccc21.[Ti+2]. The summed E-state index contributed by atoms with van der Waals surface area (Å²) in [6.07, 6.45) is 11.0. The van der Waals surface area contributed by atoms with Crippen LogP contribution in [0.5, 0.6) is 0 Å². The van der Waals surface area contributed by atoms with Gasteiger partial charge in [0.25, 0.3) is 0 Å². The number of aromatic nitrogens is 1. The number of fused-ring (bicyclic) bond motifs is 3. The molecule has 2 aromatic rings. The molecule has 1 atom stereocenters. The Morgan fingerprint density at radius 2 is 2.00 bits per heavy atom. The van der Waals surface area contributed by atoms with Crippen molar-refractivity contribution in [1.29, 1.82) is 0 Å². The Labute approximate surface area is 130 Å². The maximum absolute atomic E-state index is 3.45. The van der Waals surface area contributed by atoms with Crippen LogP contribution in [0.3, 0.4) is 0 Å². The third-order valence-corrected chi connectivity index (χ3v) is 3.89. The zero-order valence-electron chi connectivity index (χ0n) is 11.4. The molecule has 1 heterocycles. The van der Waals surface area contributed by atoms with Crippen LogP contribution in [0.1, 0.15) is 41.0 Å². The number of aromatic amines is 1. The second-order valence-corrected chi connectivity index (χ2v) is 5.05. The number of allylic oxidation sites excluding steroid dienone is 1. The molecular formula is C17H17NTi. The van der Waals surface area contributed by atoms with Gasteiger partial charge in [0.2, 0.25) is 0 Å². The number of benzene rings is 1. The van der Waals surface area contributed by atoms with Crippen molar-refractivity contribution in [3.05, 3.63) is 70.6 Å². The molecule has 0 saturated heterocycles. The van der Waals surface area contributed by atoms with E-state index in [1.807, 2.05) is 13.1 Å². The maximum atomic E-state index is 3.45. The number of hydrogen-bond donors (Lipinski definition) is 1. The zero-order chi connectivity index (χ0) is 12.5. The van der Waals surface area contributed by atoms with Gasteiger partial charge in [0.1, 0.15) is 0 Å². The van der Waals surface area contributed by atoms with Gasteiger partial charge in [-0.1, -0.05) is 32.3 Å². The van der Waals surface area contributed by atoms with E-state index in [0.29, 0.717) is 0 Å². The largest absolute Gasteiger partial charge is 2.00 e. The van der Waals surface area contributed by atoms with Crippen LogP contribution in [0, 0.1) is 26.1 Å². The van der Waals surface area contributed by atoms with Crippen LogP contribution in [0.15, 0.2) is 36.0 Å². The predicted molar refractivity (Wildman–Crippen MR) is 73.4 cm³/mol. The molecule has 19 heavy (non-hydrogen) atoms. The monoisotopic (exact) mass is 283 g/mol. The third-order valence-electron chi connectivity index (χ3n) is 3.89. The van der Waals surface area contributed by atoms with Crippen LogP contribution >= 0.6 is 0 Å². The summed E-state index contributed by atoms with van der Waals surface area (Å²) in [5, 5.41) is 0. The molecule has 2 heteroatoms. The van der Waals surface area contributed by atoms with Gasteiger partial charge < -0.3 is 4.98 Å². The molecule has 1 N–H and O–H groups in total. The number of hydrogen-bond acceptors (Lipinski definition) is 0. The molecule has 1 saturated carbocycles. The van der Waals surface area contributed by atoms with Crippen LogP contribution in [-0.4, -0.2) is 4.98 Å². The van der Waals surface area contributed by atoms with E-state index < -0.39 is 0 Å². The summed E-state index contributed by atoms with van der Waals surface area (Å²) in [6, 6.07) is 8.62. The first kappa shape index (κ1) is 14.4. The van der Waals surface area contributed by atoms with Crippen LogP contribution in [0.25, 0.3) is 0 Å². The molecule has 1 unspecified atom stereocenters. The van der Waals surface area contributed by atoms with Crippen LogP contribution in [0.2, 0.25) is 0 Å². The summed E-state index contributed by atoms with van der Waals surface area (Å²) in [4.78, 5) is 2.87. The van der Waals surface area contributed by atoms with Gasteiger partial charge in [-0.2, -0.15) is 28.8 Å². The Kier molecular flexibility index (Phi) is 4.49. The number of rotatable bonds is 0. The van der Waals surface area contributed by atoms with Crippen molar-refractivity contribution in [2.45, 2.75) is 32.6 Å². The Morgan fingerprint density at radius 1 is 1.21 bits per heavy atom. The summed E-state index contributed by atoms with van der Waals surface area (Å²) in [5.74, 6) is 0.756. The van der Waals surface area contributed by atoms with E-state index in [2.05, 4.69) is 48.4 Å². The van der Waals surface area contributed by atoms with Crippen molar-refractivity contribution in [3.8, 4) is 0 Å². The normalized spacial score (nSPS) is 18.0. The minimum Gasteiger partial charge on any atom is -0.484 e. The van der Waals surface area contributed by atoms with E-state index in [1.54, 1.807) is 0 Å². The number of nitrogens with one attached hydrogen (secondary N) is 1. The summed E-state index contributed by atoms with van der Waals surface area (Å²) in [7, 11) is 0. The molecular weight excluding hydrogens is 266 g/mol. The van der Waals surface area contributed by atoms with Crippen molar-refractivity contribution in [3.63, 3.8) is 0 Å². The van der Waals surface area contributed by atoms with E-state index in [-0.39, 0.29) is 21.7 Å². The minimum atomic E-state index is 0. The molecule has 1 nitrogen and oxygen atoms in total. The fourth-order valence-corrected chi connectivity index (χ4v) is 2.47. The fourth-order valence-electron chi connectivity index (χ4n) is 2.47. The number of aryl methyl sites for hydroxylation is 2. The first-order chi connectivity index (χ1) is 8.75. The van der Waals surface area contributed by atoms with Gasteiger partial charge in [0.05, 0.1) is 0 Å². The summed E-state index contributed by atoms with van der Waals surface area (Å²) >= 11 is 0. The predicted octanol–water partition coefficient (Wildman–Crippen LogP) is 4.08. The Bertz CT molecular complexity index is 578. The molecule has 94 valence electrons. The van der Waals surface area contributed by atoms with Crippen molar-refractivity contribution in [2.75, 3.05) is 0 Å². The molecule has 1 fully saturated rings. The quantitative estimate of drug-likeness (QED) is 0.554. The van der Waals surface area contributed by atoms with Gasteiger partial charge in [0, 0.05) is 0 Å². The van der Waals surface area contributed by atoms with E-state index >= 15 is 0 Å². The van der Waals surface area contributed by atoms with E-state index in [4.69, 9.17) is 0 Å². The van der Waals surface area contributed by atoms with E-state index in [9.17, 15) is 0 Å². The van der Waals surface area contributed by atoms with Crippen LogP contribution in [0.4, 0.5) is 0 Å². The summed E-state index contributed by atoms with van der Waals surface area (Å²) in [6.45, 7) is 4.09. The van der Waals surface area contributed by atoms with Gasteiger partial charge in [-0.25, -0.2) is 0 Å². The number of H-pyrrole nitrogens is 1. The average Bonchev–Trinajstić information content (AvgIpc) is 2.82. The average molecular weight is 283 g/mol. The van der Waals surface area contributed by atoms with E-state index in [1.165, 1.54) is 40.7 Å². The Balaban J connectivity index is 0.000000147. The molecule has 0 aliphatic heterocycles. The Hall–Kier alpha value is -1.05. The third kappa shape index (κ3) is 2.78. The fraction of sp³-hybridized carbons (Fsp3) is 0.294. The molecule has 1 aromatic heterocycles. The van der Waals surface area contributed by atoms with Gasteiger partial charge >= 0.3 is 21.7 Å². The van der Waals surface area contributed by atoms with Gasteiger partial charge in [-0.05, 0) is 6.42 Å². The molecule has 1 aromatic carbocycles. The molecule has 0 radical (unpaired) electrons. The smallest absolute Gasteiger partial charge is 0.484 e. The minimum absolute atomic E-state index is 0. The molecule has 0 amide bonds. The van der Waals surface area contributed by atoms with Gasteiger partial charge in [-0.3, -0.25) is 0 Å². The van der Waals surface area contributed by atoms with Crippen molar-refractivity contribution in [2.24, 2.45) is 0 Å². The molecule has 4 rings (SSSR count). The van der Waals surface area contributed by atoms with Crippen molar-refractivity contribution < 1.29 is 21.7 Å². The second-order valence-electron chi connectivity index (χ2n) is 5.05. The van der Waals surface area contributed by atoms with Crippen LogP contribution < -0.4 is 0 Å². The van der Waals surface area contributed by atoms with Crippen molar-refractivity contribution in [1.82, 2.24) is 4.98 Å². The molecule has 0 bridgehead atoms. The zero-order valence-corrected chi connectivity index (χ0v) is 12.9. The van der Waals surface area contributed by atoms with Crippen molar-refractivity contribution >= 4 is 0 Å². The second kappa shape index (κ2) is 5.94. The molecule has 2 aliphatic carbocycles. The van der Waals surface area contributed by atoms with E-state index in [0.717, 1.165) is 5.92 Å². The maximum Gasteiger partial charge on any atom is 2.00 e. The Morgan fingerprint density at radius 3 is 2.53 bits per heavy atom. The topological polar surface area (TPSA) is 15.8 Å². The van der Waals surface area contributed by atoms with Gasteiger partial charge in [-0.15, -0.1) is 35.7 Å². The summed E-state index contributed by atoms with van der Waals surface area (Å²) in [5.41, 5.74) is 6.87.